The fourth-order valence-electron chi connectivity index (χ4n) is 1.45. The summed E-state index contributed by atoms with van der Waals surface area (Å²) in [6.45, 7) is 13.8. The van der Waals surface area contributed by atoms with Crippen LogP contribution in [0, 0.1) is 6.92 Å². The van der Waals surface area contributed by atoms with E-state index >= 15 is 0 Å². The summed E-state index contributed by atoms with van der Waals surface area (Å²) in [5.74, 6) is 2.36. The zero-order valence-corrected chi connectivity index (χ0v) is 11.7. The molecule has 0 aliphatic carbocycles. The Hall–Kier alpha value is -1.32. The van der Waals surface area contributed by atoms with Gasteiger partial charge in [-0.1, -0.05) is 20.8 Å². The van der Waals surface area contributed by atoms with Gasteiger partial charge >= 0.3 is 0 Å². The van der Waals surface area contributed by atoms with Crippen molar-refractivity contribution < 1.29 is 4.74 Å². The van der Waals surface area contributed by atoms with Crippen LogP contribution in [0.2, 0.25) is 0 Å². The number of hydrogen-bond donors (Lipinski definition) is 1. The Morgan fingerprint density at radius 2 is 1.82 bits per heavy atom. The molecule has 0 amide bonds. The van der Waals surface area contributed by atoms with Gasteiger partial charge in [0.25, 0.3) is 0 Å². The van der Waals surface area contributed by atoms with E-state index in [0.29, 0.717) is 12.5 Å². The van der Waals surface area contributed by atoms with E-state index in [9.17, 15) is 0 Å². The van der Waals surface area contributed by atoms with Crippen LogP contribution in [-0.4, -0.2) is 23.1 Å². The van der Waals surface area contributed by atoms with Crippen molar-refractivity contribution >= 4 is 5.82 Å². The van der Waals surface area contributed by atoms with Gasteiger partial charge in [-0.05, 0) is 20.8 Å². The molecule has 1 heterocycles. The molecule has 4 nitrogen and oxygen atoms in total. The Bertz CT molecular complexity index is 356. The van der Waals surface area contributed by atoms with Crippen molar-refractivity contribution in [1.82, 2.24) is 9.97 Å². The lowest BCUT2D eigenvalue weighted by molar-refractivity contribution is 0.319. The molecule has 0 spiro atoms. The molecule has 1 aromatic rings. The largest absolute Gasteiger partial charge is 0.478 e. The highest BCUT2D eigenvalue weighted by atomic mass is 16.5. The van der Waals surface area contributed by atoms with Gasteiger partial charge in [0.2, 0.25) is 5.88 Å². The van der Waals surface area contributed by atoms with Crippen molar-refractivity contribution in [3.8, 4) is 5.88 Å². The number of nitrogens with zero attached hydrogens (tertiary/aromatic N) is 2. The van der Waals surface area contributed by atoms with Crippen LogP contribution in [0.15, 0.2) is 0 Å². The summed E-state index contributed by atoms with van der Waals surface area (Å²) >= 11 is 0. The summed E-state index contributed by atoms with van der Waals surface area (Å²) < 4.78 is 5.57. The topological polar surface area (TPSA) is 47.0 Å². The van der Waals surface area contributed by atoms with Gasteiger partial charge < -0.3 is 10.1 Å². The van der Waals surface area contributed by atoms with Crippen molar-refractivity contribution in [1.29, 1.82) is 0 Å². The molecule has 96 valence electrons. The standard InChI is InChI=1S/C13H23N3O/c1-7-14-10-9(3)11(17-8-2)16-12(15-10)13(4,5)6/h7-8H2,1-6H3,(H,14,15,16). The molecule has 1 aromatic heterocycles. The third-order valence-corrected chi connectivity index (χ3v) is 2.40. The summed E-state index contributed by atoms with van der Waals surface area (Å²) in [6.07, 6.45) is 0. The first-order valence-corrected chi connectivity index (χ1v) is 6.15. The zero-order chi connectivity index (χ0) is 13.1. The summed E-state index contributed by atoms with van der Waals surface area (Å²) in [6, 6.07) is 0. The Kier molecular flexibility index (Phi) is 4.32. The van der Waals surface area contributed by atoms with Crippen molar-refractivity contribution in [2.24, 2.45) is 0 Å². The molecule has 0 fully saturated rings. The molecule has 0 saturated carbocycles. The van der Waals surface area contributed by atoms with Crippen molar-refractivity contribution in [2.75, 3.05) is 18.5 Å². The lowest BCUT2D eigenvalue weighted by atomic mass is 9.95. The van der Waals surface area contributed by atoms with Crippen LogP contribution >= 0.6 is 0 Å². The highest BCUT2D eigenvalue weighted by Gasteiger charge is 2.21. The molecule has 1 rings (SSSR count). The summed E-state index contributed by atoms with van der Waals surface area (Å²) in [4.78, 5) is 9.08. The molecule has 0 aromatic carbocycles. The van der Waals surface area contributed by atoms with Crippen LogP contribution in [-0.2, 0) is 5.41 Å². The number of rotatable bonds is 4. The van der Waals surface area contributed by atoms with Gasteiger partial charge in [0.15, 0.2) is 0 Å². The van der Waals surface area contributed by atoms with E-state index in [0.717, 1.165) is 23.8 Å². The molecule has 0 saturated heterocycles. The lowest BCUT2D eigenvalue weighted by Gasteiger charge is -2.20. The number of ether oxygens (including phenoxy) is 1. The third-order valence-electron chi connectivity index (χ3n) is 2.40. The normalized spacial score (nSPS) is 11.4. The van der Waals surface area contributed by atoms with E-state index in [4.69, 9.17) is 4.74 Å². The van der Waals surface area contributed by atoms with Crippen molar-refractivity contribution in [2.45, 2.75) is 47.0 Å². The Balaban J connectivity index is 3.26. The zero-order valence-electron chi connectivity index (χ0n) is 11.7. The van der Waals surface area contributed by atoms with E-state index in [1.807, 2.05) is 13.8 Å². The second-order valence-electron chi connectivity index (χ2n) is 5.04. The molecule has 17 heavy (non-hydrogen) atoms. The van der Waals surface area contributed by atoms with Crippen molar-refractivity contribution in [3.05, 3.63) is 11.4 Å². The highest BCUT2D eigenvalue weighted by molar-refractivity contribution is 5.49. The minimum Gasteiger partial charge on any atom is -0.478 e. The monoisotopic (exact) mass is 237 g/mol. The van der Waals surface area contributed by atoms with Crippen LogP contribution in [0.25, 0.3) is 0 Å². The van der Waals surface area contributed by atoms with E-state index in [2.05, 4.69) is 43.0 Å². The van der Waals surface area contributed by atoms with Gasteiger partial charge in [-0.25, -0.2) is 4.98 Å². The molecule has 1 N–H and O–H groups in total. The Labute approximate surface area is 104 Å². The molecule has 0 atom stereocenters. The van der Waals surface area contributed by atoms with Gasteiger partial charge in [0.1, 0.15) is 11.6 Å². The lowest BCUT2D eigenvalue weighted by Crippen LogP contribution is -2.19. The van der Waals surface area contributed by atoms with Gasteiger partial charge in [-0.15, -0.1) is 0 Å². The van der Waals surface area contributed by atoms with Crippen LogP contribution < -0.4 is 10.1 Å². The smallest absolute Gasteiger partial charge is 0.221 e. The van der Waals surface area contributed by atoms with Gasteiger partial charge in [-0.3, -0.25) is 0 Å². The highest BCUT2D eigenvalue weighted by Crippen LogP contribution is 2.27. The van der Waals surface area contributed by atoms with Gasteiger partial charge in [0.05, 0.1) is 12.2 Å². The fourth-order valence-corrected chi connectivity index (χ4v) is 1.45. The minimum atomic E-state index is -0.0796. The predicted octanol–water partition coefficient (Wildman–Crippen LogP) is 2.91. The molecular weight excluding hydrogens is 214 g/mol. The van der Waals surface area contributed by atoms with Gasteiger partial charge in [-0.2, -0.15) is 4.98 Å². The Morgan fingerprint density at radius 1 is 1.18 bits per heavy atom. The van der Waals surface area contributed by atoms with Crippen molar-refractivity contribution in [3.63, 3.8) is 0 Å². The molecule has 4 heteroatoms. The van der Waals surface area contributed by atoms with Crippen LogP contribution in [0.4, 0.5) is 5.82 Å². The molecule has 0 aliphatic heterocycles. The van der Waals surface area contributed by atoms with Gasteiger partial charge in [0, 0.05) is 12.0 Å². The second-order valence-corrected chi connectivity index (χ2v) is 5.04. The molecule has 0 radical (unpaired) electrons. The molecule has 0 bridgehead atoms. The number of hydrogen-bond acceptors (Lipinski definition) is 4. The average Bonchev–Trinajstić information content (AvgIpc) is 2.22. The number of anilines is 1. The maximum absolute atomic E-state index is 5.57. The van der Waals surface area contributed by atoms with Crippen LogP contribution in [0.3, 0.4) is 0 Å². The van der Waals surface area contributed by atoms with E-state index in [1.54, 1.807) is 0 Å². The first-order chi connectivity index (χ1) is 7.90. The van der Waals surface area contributed by atoms with Crippen LogP contribution in [0.5, 0.6) is 5.88 Å². The summed E-state index contributed by atoms with van der Waals surface area (Å²) in [5, 5.41) is 3.26. The van der Waals surface area contributed by atoms with Crippen LogP contribution in [0.1, 0.15) is 46.0 Å². The number of aromatic nitrogens is 2. The van der Waals surface area contributed by atoms with E-state index < -0.39 is 0 Å². The Morgan fingerprint density at radius 3 is 2.29 bits per heavy atom. The molecule has 0 aliphatic rings. The predicted molar refractivity (Wildman–Crippen MR) is 70.8 cm³/mol. The fraction of sp³-hybridized carbons (Fsp3) is 0.692. The first-order valence-electron chi connectivity index (χ1n) is 6.15. The van der Waals surface area contributed by atoms with E-state index in [-0.39, 0.29) is 5.41 Å². The quantitative estimate of drug-likeness (QED) is 0.874. The second kappa shape index (κ2) is 5.34. The molecular formula is C13H23N3O. The SMILES string of the molecule is CCNc1nc(C(C)(C)C)nc(OCC)c1C. The summed E-state index contributed by atoms with van der Waals surface area (Å²) in [5.41, 5.74) is 0.894. The third kappa shape index (κ3) is 3.32. The molecule has 0 unspecified atom stereocenters. The maximum atomic E-state index is 5.57. The van der Waals surface area contributed by atoms with E-state index in [1.165, 1.54) is 0 Å². The average molecular weight is 237 g/mol. The summed E-state index contributed by atoms with van der Waals surface area (Å²) in [7, 11) is 0. The minimum absolute atomic E-state index is 0.0796. The number of nitrogens with one attached hydrogen (secondary N) is 1. The first kappa shape index (κ1) is 13.7. The maximum Gasteiger partial charge on any atom is 0.221 e.